The van der Waals surface area contributed by atoms with E-state index in [2.05, 4.69) is 31.2 Å². The van der Waals surface area contributed by atoms with Gasteiger partial charge in [0.1, 0.15) is 16.9 Å². The topological polar surface area (TPSA) is 49.8 Å². The number of nitrogens with zero attached hydrogens (tertiary/aromatic N) is 3. The maximum atomic E-state index is 13.3. The molecule has 0 bridgehead atoms. The third-order valence-electron chi connectivity index (χ3n) is 3.92. The number of hydrogen-bond acceptors (Lipinski definition) is 4. The van der Waals surface area contributed by atoms with Crippen molar-refractivity contribution < 1.29 is 9.13 Å². The second-order valence-corrected chi connectivity index (χ2v) is 7.63. The Morgan fingerprint density at radius 3 is 2.85 bits per heavy atom. The summed E-state index contributed by atoms with van der Waals surface area (Å²) in [6.45, 7) is 3.35. The van der Waals surface area contributed by atoms with E-state index < -0.39 is 0 Å². The highest BCUT2D eigenvalue weighted by Crippen LogP contribution is 2.21. The van der Waals surface area contributed by atoms with Crippen molar-refractivity contribution in [3.63, 3.8) is 0 Å². The number of rotatable bonds is 7. The normalized spacial score (nSPS) is 12.4. The van der Waals surface area contributed by atoms with Crippen molar-refractivity contribution in [1.29, 1.82) is 0 Å². The molecule has 9 heteroatoms. The van der Waals surface area contributed by atoms with E-state index in [1.807, 2.05) is 24.3 Å². The molecule has 1 atom stereocenters. The minimum Gasteiger partial charge on any atom is -0.375 e. The van der Waals surface area contributed by atoms with E-state index in [0.717, 1.165) is 28.6 Å². The van der Waals surface area contributed by atoms with Crippen LogP contribution in [0.15, 0.2) is 33.0 Å². The van der Waals surface area contributed by atoms with E-state index >= 15 is 0 Å². The first-order valence-electron chi connectivity index (χ1n) is 8.27. The summed E-state index contributed by atoms with van der Waals surface area (Å²) in [6.07, 6.45) is 0.782. The number of hydrogen-bond donors (Lipinski definition) is 1. The van der Waals surface area contributed by atoms with Gasteiger partial charge in [-0.25, -0.2) is 9.37 Å². The molecule has 1 unspecified atom stereocenters. The fraction of sp³-hybridized carbons (Fsp3) is 0.444. The first-order chi connectivity index (χ1) is 12.4. The fourth-order valence-electron chi connectivity index (χ4n) is 2.40. The zero-order valence-electron chi connectivity index (χ0n) is 15.8. The number of ether oxygens (including phenoxy) is 1. The molecule has 0 saturated carbocycles. The van der Waals surface area contributed by atoms with Gasteiger partial charge in [-0.1, -0.05) is 6.07 Å². The Labute approximate surface area is 189 Å². The van der Waals surface area contributed by atoms with Crippen LogP contribution in [-0.4, -0.2) is 43.6 Å². The van der Waals surface area contributed by atoms with Gasteiger partial charge in [-0.2, -0.15) is 0 Å². The summed E-state index contributed by atoms with van der Waals surface area (Å²) < 4.78 is 19.1. The van der Waals surface area contributed by atoms with Crippen molar-refractivity contribution in [1.82, 2.24) is 15.2 Å². The van der Waals surface area contributed by atoms with E-state index in [1.54, 1.807) is 37.6 Å². The maximum absolute atomic E-state index is 13.3. The van der Waals surface area contributed by atoms with Gasteiger partial charge in [-0.15, -0.1) is 35.3 Å². The molecular formula is C18H25BrFIN4OS. The van der Waals surface area contributed by atoms with Crippen LogP contribution in [0, 0.1) is 5.82 Å². The molecule has 0 radical (unpaired) electrons. The number of halogens is 3. The van der Waals surface area contributed by atoms with Crippen LogP contribution in [0.4, 0.5) is 4.39 Å². The van der Waals surface area contributed by atoms with Crippen LogP contribution in [0.3, 0.4) is 0 Å². The first kappa shape index (κ1) is 24.3. The second-order valence-electron chi connectivity index (χ2n) is 5.88. The molecule has 1 aromatic heterocycles. The Balaban J connectivity index is 0.00000364. The molecular weight excluding hydrogens is 546 g/mol. The molecule has 0 spiro atoms. The van der Waals surface area contributed by atoms with Crippen molar-refractivity contribution in [2.45, 2.75) is 26.0 Å². The highest BCUT2D eigenvalue weighted by atomic mass is 127. The first-order valence-corrected chi connectivity index (χ1v) is 9.94. The standard InChI is InChI=1S/C18H24BrFN4OS.HI/c1-12(25-4)17-23-14(11-26-17)10-24(3)18(21-2)22-8-7-13-5-6-16(20)15(19)9-13;/h5-6,9,11-12H,7-8,10H2,1-4H3,(H,21,22);1H. The molecule has 27 heavy (non-hydrogen) atoms. The molecule has 0 aliphatic heterocycles. The van der Waals surface area contributed by atoms with Crippen molar-refractivity contribution in [2.24, 2.45) is 4.99 Å². The van der Waals surface area contributed by atoms with Gasteiger partial charge in [0.15, 0.2) is 5.96 Å². The number of aromatic nitrogens is 1. The lowest BCUT2D eigenvalue weighted by atomic mass is 10.1. The van der Waals surface area contributed by atoms with Gasteiger partial charge in [0.05, 0.1) is 16.7 Å². The molecule has 2 rings (SSSR count). The van der Waals surface area contributed by atoms with Crippen LogP contribution in [-0.2, 0) is 17.7 Å². The van der Waals surface area contributed by atoms with Crippen molar-refractivity contribution in [3.05, 3.63) is 50.1 Å². The summed E-state index contributed by atoms with van der Waals surface area (Å²) >= 11 is 4.82. The molecule has 2 aromatic rings. The number of thiazole rings is 1. The number of guanidine groups is 1. The smallest absolute Gasteiger partial charge is 0.193 e. The lowest BCUT2D eigenvalue weighted by Gasteiger charge is -2.21. The van der Waals surface area contributed by atoms with Crippen LogP contribution >= 0.6 is 51.2 Å². The summed E-state index contributed by atoms with van der Waals surface area (Å²) in [7, 11) is 5.42. The Morgan fingerprint density at radius 1 is 1.48 bits per heavy atom. The predicted molar refractivity (Wildman–Crippen MR) is 124 cm³/mol. The third-order valence-corrected chi connectivity index (χ3v) is 5.59. The number of aliphatic imine (C=N–C) groups is 1. The molecule has 0 saturated heterocycles. The Kier molecular flexibility index (Phi) is 10.7. The van der Waals surface area contributed by atoms with Crippen LogP contribution < -0.4 is 5.32 Å². The molecule has 150 valence electrons. The zero-order chi connectivity index (χ0) is 19.1. The molecule has 0 aliphatic rings. The molecule has 1 heterocycles. The minimum atomic E-state index is -0.248. The van der Waals surface area contributed by atoms with Crippen LogP contribution in [0.1, 0.15) is 29.3 Å². The summed E-state index contributed by atoms with van der Waals surface area (Å²) in [5.41, 5.74) is 2.04. The van der Waals surface area contributed by atoms with E-state index in [1.165, 1.54) is 6.07 Å². The number of nitrogens with one attached hydrogen (secondary N) is 1. The van der Waals surface area contributed by atoms with Gasteiger partial charge in [0, 0.05) is 33.1 Å². The fourth-order valence-corrected chi connectivity index (χ4v) is 3.67. The summed E-state index contributed by atoms with van der Waals surface area (Å²) in [5.74, 6) is 0.545. The van der Waals surface area contributed by atoms with Crippen LogP contribution in [0.25, 0.3) is 0 Å². The molecule has 1 N–H and O–H groups in total. The zero-order valence-corrected chi connectivity index (χ0v) is 20.6. The SMILES string of the molecule is CN=C(NCCc1ccc(F)c(Br)c1)N(C)Cc1csc(C(C)OC)n1.I. The molecule has 5 nitrogen and oxygen atoms in total. The number of benzene rings is 1. The van der Waals surface area contributed by atoms with E-state index in [4.69, 9.17) is 4.74 Å². The summed E-state index contributed by atoms with van der Waals surface area (Å²) in [5, 5.41) is 6.35. The van der Waals surface area contributed by atoms with Crippen molar-refractivity contribution >= 4 is 57.2 Å². The molecule has 1 aromatic carbocycles. The Bertz CT molecular complexity index is 759. The highest BCUT2D eigenvalue weighted by molar-refractivity contribution is 14.0. The van der Waals surface area contributed by atoms with Gasteiger partial charge in [0.25, 0.3) is 0 Å². The summed E-state index contributed by atoms with van der Waals surface area (Å²) in [6, 6.07) is 5.07. The van der Waals surface area contributed by atoms with Gasteiger partial charge >= 0.3 is 0 Å². The van der Waals surface area contributed by atoms with Crippen LogP contribution in [0.5, 0.6) is 0 Å². The maximum Gasteiger partial charge on any atom is 0.193 e. The third kappa shape index (κ3) is 7.28. The summed E-state index contributed by atoms with van der Waals surface area (Å²) in [4.78, 5) is 11.0. The van der Waals surface area contributed by atoms with Crippen LogP contribution in [0.2, 0.25) is 0 Å². The Morgan fingerprint density at radius 2 is 2.22 bits per heavy atom. The lowest BCUT2D eigenvalue weighted by Crippen LogP contribution is -2.39. The van der Waals surface area contributed by atoms with E-state index in [9.17, 15) is 4.39 Å². The van der Waals surface area contributed by atoms with Gasteiger partial charge in [-0.3, -0.25) is 4.99 Å². The highest BCUT2D eigenvalue weighted by Gasteiger charge is 2.12. The largest absolute Gasteiger partial charge is 0.375 e. The second kappa shape index (κ2) is 11.9. The predicted octanol–water partition coefficient (Wildman–Crippen LogP) is 4.62. The molecule has 0 aliphatic carbocycles. The monoisotopic (exact) mass is 570 g/mol. The molecule has 0 fully saturated rings. The quantitative estimate of drug-likeness (QED) is 0.300. The van der Waals surface area contributed by atoms with Crippen molar-refractivity contribution in [3.8, 4) is 0 Å². The van der Waals surface area contributed by atoms with Gasteiger partial charge < -0.3 is 15.0 Å². The van der Waals surface area contributed by atoms with Gasteiger partial charge in [0.2, 0.25) is 0 Å². The number of methoxy groups -OCH3 is 1. The average molecular weight is 571 g/mol. The van der Waals surface area contributed by atoms with E-state index in [0.29, 0.717) is 17.6 Å². The Hall–Kier alpha value is -0.780. The van der Waals surface area contributed by atoms with Gasteiger partial charge in [-0.05, 0) is 47.0 Å². The lowest BCUT2D eigenvalue weighted by molar-refractivity contribution is 0.119. The average Bonchev–Trinajstić information content (AvgIpc) is 3.09. The minimum absolute atomic E-state index is 0. The van der Waals surface area contributed by atoms with Crippen molar-refractivity contribution in [2.75, 3.05) is 27.7 Å². The molecule has 0 amide bonds. The van der Waals surface area contributed by atoms with E-state index in [-0.39, 0.29) is 35.9 Å².